The summed E-state index contributed by atoms with van der Waals surface area (Å²) in [6, 6.07) is 9.82. The smallest absolute Gasteiger partial charge is 0.329 e. The van der Waals surface area contributed by atoms with Crippen LogP contribution in [0.2, 0.25) is 0 Å². The summed E-state index contributed by atoms with van der Waals surface area (Å²) in [5, 5.41) is 0.337. The molecule has 1 aliphatic rings. The molecule has 0 spiro atoms. The molecule has 3 aromatic rings. The molecule has 0 saturated heterocycles. The minimum Gasteiger partial charge on any atom is -0.385 e. The molecule has 0 unspecified atom stereocenters. The first-order valence-corrected chi connectivity index (χ1v) is 9.32. The van der Waals surface area contributed by atoms with Crippen molar-refractivity contribution in [2.75, 3.05) is 13.7 Å². The molecule has 1 atom stereocenters. The Hall–Kier alpha value is -3.06. The number of carbonyl (C=O) groups excluding carboxylic acids is 1. The van der Waals surface area contributed by atoms with Gasteiger partial charge >= 0.3 is 5.69 Å². The van der Waals surface area contributed by atoms with Gasteiger partial charge in [0.1, 0.15) is 5.65 Å². The molecular formula is C21H21N3O4. The van der Waals surface area contributed by atoms with Crippen LogP contribution in [0.25, 0.3) is 11.0 Å². The fourth-order valence-electron chi connectivity index (χ4n) is 3.94. The first kappa shape index (κ1) is 18.3. The van der Waals surface area contributed by atoms with Gasteiger partial charge in [0.15, 0.2) is 5.78 Å². The Morgan fingerprint density at radius 2 is 1.96 bits per heavy atom. The molecule has 4 rings (SSSR count). The number of hydrogen-bond acceptors (Lipinski definition) is 5. The van der Waals surface area contributed by atoms with E-state index in [1.165, 1.54) is 10.8 Å². The van der Waals surface area contributed by atoms with Crippen LogP contribution in [0.3, 0.4) is 0 Å². The number of ether oxygens (including phenoxy) is 1. The zero-order chi connectivity index (χ0) is 19.7. The van der Waals surface area contributed by atoms with Crippen molar-refractivity contribution in [2.45, 2.75) is 31.7 Å². The number of fused-ring (bicyclic) bond motifs is 3. The van der Waals surface area contributed by atoms with Crippen molar-refractivity contribution < 1.29 is 9.53 Å². The molecular weight excluding hydrogens is 358 g/mol. The quantitative estimate of drug-likeness (QED) is 0.685. The van der Waals surface area contributed by atoms with E-state index in [-0.39, 0.29) is 11.7 Å². The second kappa shape index (κ2) is 7.52. The summed E-state index contributed by atoms with van der Waals surface area (Å²) in [6.45, 7) is 0.869. The van der Waals surface area contributed by atoms with Gasteiger partial charge in [-0.2, -0.15) is 0 Å². The molecule has 2 aromatic heterocycles. The van der Waals surface area contributed by atoms with E-state index in [0.29, 0.717) is 54.6 Å². The Balaban J connectivity index is 1.87. The van der Waals surface area contributed by atoms with Gasteiger partial charge in [-0.3, -0.25) is 19.1 Å². The number of rotatable bonds is 5. The number of aromatic nitrogens is 3. The van der Waals surface area contributed by atoms with Gasteiger partial charge in [-0.05, 0) is 29.9 Å². The number of Topliss-reactive ketones (excluding diaryl/α,β-unsaturated/α-hetero) is 1. The standard InChI is InChI=1S/C21H21N3O4/c1-28-9-5-8-24-19-18(20(26)23-21(24)27)15-10-14(13-6-3-2-4-7-13)11-17(25)16(15)12-22-19/h2-4,6-7,12,14H,5,8-11H2,1H3,(H,23,26,27)/t14-/m0/s1. The normalized spacial score (nSPS) is 16.3. The van der Waals surface area contributed by atoms with Crippen molar-refractivity contribution in [1.82, 2.24) is 14.5 Å². The van der Waals surface area contributed by atoms with E-state index in [9.17, 15) is 14.4 Å². The molecule has 28 heavy (non-hydrogen) atoms. The maximum Gasteiger partial charge on any atom is 0.329 e. The maximum atomic E-state index is 12.7. The van der Waals surface area contributed by atoms with Crippen LogP contribution < -0.4 is 11.2 Å². The average molecular weight is 379 g/mol. The number of aromatic amines is 1. The third-order valence-electron chi connectivity index (χ3n) is 5.30. The van der Waals surface area contributed by atoms with E-state index in [0.717, 1.165) is 5.56 Å². The highest BCUT2D eigenvalue weighted by atomic mass is 16.5. The third kappa shape index (κ3) is 3.18. The highest BCUT2D eigenvalue weighted by molar-refractivity contribution is 6.02. The fraction of sp³-hybridized carbons (Fsp3) is 0.333. The minimum atomic E-state index is -0.497. The molecule has 0 saturated carbocycles. The van der Waals surface area contributed by atoms with Crippen LogP contribution in [0.5, 0.6) is 0 Å². The Labute approximate surface area is 161 Å². The van der Waals surface area contributed by atoms with E-state index >= 15 is 0 Å². The van der Waals surface area contributed by atoms with Crippen LogP contribution in [0.1, 0.15) is 40.2 Å². The minimum absolute atomic E-state index is 0.0000643. The van der Waals surface area contributed by atoms with Gasteiger partial charge in [-0.1, -0.05) is 30.3 Å². The number of aryl methyl sites for hydroxylation is 1. The summed E-state index contributed by atoms with van der Waals surface area (Å²) in [7, 11) is 1.59. The second-order valence-electron chi connectivity index (χ2n) is 7.05. The molecule has 0 bridgehead atoms. The molecule has 0 fully saturated rings. The zero-order valence-corrected chi connectivity index (χ0v) is 15.6. The molecule has 7 heteroatoms. The highest BCUT2D eigenvalue weighted by Gasteiger charge is 2.29. The average Bonchev–Trinajstić information content (AvgIpc) is 2.70. The van der Waals surface area contributed by atoms with Gasteiger partial charge in [-0.25, -0.2) is 9.78 Å². The molecule has 1 aromatic carbocycles. The highest BCUT2D eigenvalue weighted by Crippen LogP contribution is 2.34. The predicted octanol–water partition coefficient (Wildman–Crippen LogP) is 2.03. The Bertz CT molecular complexity index is 1150. The van der Waals surface area contributed by atoms with Crippen molar-refractivity contribution in [1.29, 1.82) is 0 Å². The van der Waals surface area contributed by atoms with Gasteiger partial charge in [-0.15, -0.1) is 0 Å². The zero-order valence-electron chi connectivity index (χ0n) is 15.6. The molecule has 7 nitrogen and oxygen atoms in total. The van der Waals surface area contributed by atoms with Crippen molar-refractivity contribution >= 4 is 16.8 Å². The number of benzene rings is 1. The Morgan fingerprint density at radius 1 is 1.18 bits per heavy atom. The van der Waals surface area contributed by atoms with Crippen molar-refractivity contribution in [2.24, 2.45) is 0 Å². The lowest BCUT2D eigenvalue weighted by atomic mass is 9.79. The molecule has 2 heterocycles. The largest absolute Gasteiger partial charge is 0.385 e. The van der Waals surface area contributed by atoms with E-state index in [2.05, 4.69) is 9.97 Å². The number of hydrogen-bond donors (Lipinski definition) is 1. The lowest BCUT2D eigenvalue weighted by Gasteiger charge is -2.25. The molecule has 0 radical (unpaired) electrons. The van der Waals surface area contributed by atoms with Crippen LogP contribution in [0, 0.1) is 0 Å². The van der Waals surface area contributed by atoms with E-state index in [1.54, 1.807) is 7.11 Å². The summed E-state index contributed by atoms with van der Waals surface area (Å²) in [6.07, 6.45) is 3.06. The SMILES string of the molecule is COCCCn1c(=O)[nH]c(=O)c2c3c(cnc21)C(=O)C[C@@H](c1ccccc1)C3. The van der Waals surface area contributed by atoms with E-state index in [1.807, 2.05) is 30.3 Å². The van der Waals surface area contributed by atoms with Crippen LogP contribution in [0.15, 0.2) is 46.1 Å². The number of nitrogens with zero attached hydrogens (tertiary/aromatic N) is 2. The molecule has 144 valence electrons. The summed E-state index contributed by atoms with van der Waals surface area (Å²) >= 11 is 0. The first-order valence-electron chi connectivity index (χ1n) is 9.32. The van der Waals surface area contributed by atoms with E-state index < -0.39 is 11.2 Å². The number of carbonyl (C=O) groups is 1. The van der Waals surface area contributed by atoms with Crippen LogP contribution in [-0.4, -0.2) is 34.0 Å². The number of methoxy groups -OCH3 is 1. The maximum absolute atomic E-state index is 12.7. The lowest BCUT2D eigenvalue weighted by Crippen LogP contribution is -2.33. The monoisotopic (exact) mass is 379 g/mol. The van der Waals surface area contributed by atoms with Crippen molar-refractivity contribution in [3.05, 3.63) is 74.1 Å². The molecule has 0 amide bonds. The number of ketones is 1. The van der Waals surface area contributed by atoms with Crippen molar-refractivity contribution in [3.63, 3.8) is 0 Å². The first-order chi connectivity index (χ1) is 13.6. The Kier molecular flexibility index (Phi) is 4.92. The summed E-state index contributed by atoms with van der Waals surface area (Å²) in [4.78, 5) is 44.4. The van der Waals surface area contributed by atoms with Gasteiger partial charge in [0.25, 0.3) is 5.56 Å². The lowest BCUT2D eigenvalue weighted by molar-refractivity contribution is 0.0964. The van der Waals surface area contributed by atoms with Crippen molar-refractivity contribution in [3.8, 4) is 0 Å². The number of nitrogens with one attached hydrogen (secondary N) is 1. The predicted molar refractivity (Wildman–Crippen MR) is 105 cm³/mol. The van der Waals surface area contributed by atoms with Gasteiger partial charge in [0.05, 0.1) is 5.39 Å². The number of pyridine rings is 1. The summed E-state index contributed by atoms with van der Waals surface area (Å²) < 4.78 is 6.51. The summed E-state index contributed by atoms with van der Waals surface area (Å²) in [5.41, 5.74) is 1.56. The third-order valence-corrected chi connectivity index (χ3v) is 5.30. The van der Waals surface area contributed by atoms with Crippen LogP contribution in [-0.2, 0) is 17.7 Å². The van der Waals surface area contributed by atoms with Gasteiger partial charge in [0, 0.05) is 38.4 Å². The topological polar surface area (TPSA) is 94.1 Å². The molecule has 0 aliphatic heterocycles. The van der Waals surface area contributed by atoms with E-state index in [4.69, 9.17) is 4.74 Å². The van der Waals surface area contributed by atoms with Gasteiger partial charge < -0.3 is 4.74 Å². The second-order valence-corrected chi connectivity index (χ2v) is 7.05. The summed E-state index contributed by atoms with van der Waals surface area (Å²) in [5.74, 6) is -0.0268. The fourth-order valence-corrected chi connectivity index (χ4v) is 3.94. The van der Waals surface area contributed by atoms with Gasteiger partial charge in [0.2, 0.25) is 0 Å². The van der Waals surface area contributed by atoms with Crippen LogP contribution in [0.4, 0.5) is 0 Å². The molecule has 1 N–H and O–H groups in total. The van der Waals surface area contributed by atoms with Crippen LogP contribution >= 0.6 is 0 Å². The molecule has 1 aliphatic carbocycles. The Morgan fingerprint density at radius 3 is 2.71 bits per heavy atom. The number of H-pyrrole nitrogens is 1.